The van der Waals surface area contributed by atoms with Gasteiger partial charge in [0.1, 0.15) is 0 Å². The zero-order chi connectivity index (χ0) is 28.2. The van der Waals surface area contributed by atoms with Gasteiger partial charge in [-0.05, 0) is 83.9 Å². The van der Waals surface area contributed by atoms with Crippen LogP contribution in [-0.4, -0.2) is 28.8 Å². The standard InChI is InChI=1S/C26H20N2O8S3/c29-25(30)17-1-5-19(6-2-17)27-38(33,34)23-13-9-21(10-14-23)37-22-11-15-24(16-12-22)39(35,36)28-20-7-3-18(4-8-20)26(31)32/h1-16,27-28H,(H,29,30)(H,31,32)/p-2. The van der Waals surface area contributed by atoms with Gasteiger partial charge in [0.2, 0.25) is 0 Å². The van der Waals surface area contributed by atoms with Crippen molar-refractivity contribution in [2.45, 2.75) is 19.6 Å². The van der Waals surface area contributed by atoms with Crippen molar-refractivity contribution in [1.82, 2.24) is 0 Å². The predicted molar refractivity (Wildman–Crippen MR) is 140 cm³/mol. The molecule has 0 saturated carbocycles. The van der Waals surface area contributed by atoms with Crippen LogP contribution in [0.4, 0.5) is 11.4 Å². The molecule has 39 heavy (non-hydrogen) atoms. The molecule has 13 heteroatoms. The fraction of sp³-hybridized carbons (Fsp3) is 0. The number of rotatable bonds is 10. The van der Waals surface area contributed by atoms with E-state index in [1.807, 2.05) is 0 Å². The Morgan fingerprint density at radius 3 is 1.10 bits per heavy atom. The third kappa shape index (κ3) is 6.96. The Morgan fingerprint density at radius 2 is 0.821 bits per heavy atom. The van der Waals surface area contributed by atoms with Gasteiger partial charge in [0.05, 0.1) is 21.7 Å². The number of aromatic carboxylic acids is 2. The van der Waals surface area contributed by atoms with Gasteiger partial charge < -0.3 is 19.8 Å². The van der Waals surface area contributed by atoms with Gasteiger partial charge in [-0.1, -0.05) is 36.0 Å². The minimum atomic E-state index is -3.92. The van der Waals surface area contributed by atoms with E-state index >= 15 is 0 Å². The summed E-state index contributed by atoms with van der Waals surface area (Å²) in [5, 5.41) is 21.7. The first-order valence-electron chi connectivity index (χ1n) is 11.0. The number of carbonyl (C=O) groups is 2. The van der Waals surface area contributed by atoms with Gasteiger partial charge in [-0.2, -0.15) is 0 Å². The second-order valence-corrected chi connectivity index (χ2v) is 12.5. The van der Waals surface area contributed by atoms with Crippen molar-refractivity contribution in [2.24, 2.45) is 0 Å². The van der Waals surface area contributed by atoms with Gasteiger partial charge in [0, 0.05) is 21.2 Å². The smallest absolute Gasteiger partial charge is 0.261 e. The van der Waals surface area contributed by atoms with Crippen LogP contribution in [-0.2, 0) is 20.0 Å². The Labute approximate surface area is 228 Å². The van der Waals surface area contributed by atoms with Gasteiger partial charge >= 0.3 is 0 Å². The Kier molecular flexibility index (Phi) is 7.95. The molecule has 10 nitrogen and oxygen atoms in total. The fourth-order valence-corrected chi connectivity index (χ4v) is 6.22. The second-order valence-electron chi connectivity index (χ2n) is 7.99. The minimum Gasteiger partial charge on any atom is -0.545 e. The van der Waals surface area contributed by atoms with Crippen LogP contribution in [0.2, 0.25) is 0 Å². The fourth-order valence-electron chi connectivity index (χ4n) is 3.29. The van der Waals surface area contributed by atoms with Gasteiger partial charge in [-0.15, -0.1) is 0 Å². The predicted octanol–water partition coefficient (Wildman–Crippen LogP) is 2.17. The summed E-state index contributed by atoms with van der Waals surface area (Å²) in [4.78, 5) is 23.1. The third-order valence-corrected chi connectivity index (χ3v) is 9.06. The van der Waals surface area contributed by atoms with Crippen molar-refractivity contribution in [3.8, 4) is 0 Å². The summed E-state index contributed by atoms with van der Waals surface area (Å²) >= 11 is 1.29. The van der Waals surface area contributed by atoms with Gasteiger partial charge in [-0.25, -0.2) is 16.8 Å². The van der Waals surface area contributed by atoms with Crippen LogP contribution in [0.5, 0.6) is 0 Å². The molecule has 0 bridgehead atoms. The summed E-state index contributed by atoms with van der Waals surface area (Å²) in [5.41, 5.74) is 0.230. The molecule has 0 unspecified atom stereocenters. The Hall–Kier alpha value is -4.33. The topological polar surface area (TPSA) is 173 Å². The van der Waals surface area contributed by atoms with Crippen LogP contribution >= 0.6 is 11.8 Å². The zero-order valence-electron chi connectivity index (χ0n) is 19.7. The molecule has 0 amide bonds. The molecular weight excluding hydrogens is 564 g/mol. The second kappa shape index (κ2) is 11.2. The number of carboxylic acids is 2. The highest BCUT2D eigenvalue weighted by Crippen LogP contribution is 2.30. The lowest BCUT2D eigenvalue weighted by molar-refractivity contribution is -0.256. The average Bonchev–Trinajstić information content (AvgIpc) is 2.89. The van der Waals surface area contributed by atoms with Crippen molar-refractivity contribution in [3.05, 3.63) is 108 Å². The van der Waals surface area contributed by atoms with Crippen molar-refractivity contribution >= 4 is 55.1 Å². The molecule has 0 radical (unpaired) electrons. The van der Waals surface area contributed by atoms with Crippen LogP contribution in [0.1, 0.15) is 20.7 Å². The molecule has 0 heterocycles. The molecule has 0 aliphatic heterocycles. The minimum absolute atomic E-state index is 0.00371. The Morgan fingerprint density at radius 1 is 0.513 bits per heavy atom. The summed E-state index contributed by atoms with van der Waals surface area (Å²) in [6, 6.07) is 22.2. The van der Waals surface area contributed by atoms with Crippen LogP contribution in [0.3, 0.4) is 0 Å². The van der Waals surface area contributed by atoms with Crippen molar-refractivity contribution in [2.75, 3.05) is 9.44 Å². The highest BCUT2D eigenvalue weighted by atomic mass is 32.2. The maximum Gasteiger partial charge on any atom is 0.261 e. The number of hydrogen-bond donors (Lipinski definition) is 2. The molecule has 4 rings (SSSR count). The van der Waals surface area contributed by atoms with E-state index in [4.69, 9.17) is 0 Å². The van der Waals surface area contributed by atoms with E-state index < -0.39 is 32.0 Å². The molecule has 0 aromatic heterocycles. The number of carbonyl (C=O) groups excluding carboxylic acids is 2. The van der Waals surface area contributed by atoms with E-state index in [1.165, 1.54) is 84.6 Å². The molecule has 200 valence electrons. The molecule has 0 atom stereocenters. The molecule has 4 aromatic rings. The van der Waals surface area contributed by atoms with E-state index in [1.54, 1.807) is 24.3 Å². The first-order valence-corrected chi connectivity index (χ1v) is 14.8. The quantitative estimate of drug-likeness (QED) is 0.284. The zero-order valence-corrected chi connectivity index (χ0v) is 22.2. The maximum atomic E-state index is 12.7. The van der Waals surface area contributed by atoms with Gasteiger partial charge in [-0.3, -0.25) is 9.44 Å². The number of benzene rings is 4. The lowest BCUT2D eigenvalue weighted by Gasteiger charge is -2.11. The number of nitrogens with one attached hydrogen (secondary N) is 2. The molecule has 4 aromatic carbocycles. The van der Waals surface area contributed by atoms with Crippen LogP contribution in [0.25, 0.3) is 0 Å². The summed E-state index contributed by atoms with van der Waals surface area (Å²) in [6.45, 7) is 0. The lowest BCUT2D eigenvalue weighted by Crippen LogP contribution is -2.22. The van der Waals surface area contributed by atoms with Gasteiger partial charge in [0.15, 0.2) is 0 Å². The molecular formula is C26H18N2O8S3-2. The Balaban J connectivity index is 1.40. The van der Waals surface area contributed by atoms with E-state index in [9.17, 15) is 36.6 Å². The van der Waals surface area contributed by atoms with Crippen molar-refractivity contribution < 1.29 is 36.6 Å². The van der Waals surface area contributed by atoms with Crippen LogP contribution in [0, 0.1) is 0 Å². The first kappa shape index (κ1) is 27.7. The molecule has 0 spiro atoms. The van der Waals surface area contributed by atoms with E-state index in [2.05, 4.69) is 9.44 Å². The molecule has 2 N–H and O–H groups in total. The van der Waals surface area contributed by atoms with Crippen molar-refractivity contribution in [3.63, 3.8) is 0 Å². The highest BCUT2D eigenvalue weighted by molar-refractivity contribution is 7.99. The van der Waals surface area contributed by atoms with E-state index in [0.717, 1.165) is 0 Å². The lowest BCUT2D eigenvalue weighted by atomic mass is 10.2. The average molecular weight is 583 g/mol. The molecule has 0 fully saturated rings. The Bertz CT molecular complexity index is 1590. The summed E-state index contributed by atoms with van der Waals surface area (Å²) in [6.07, 6.45) is 0. The van der Waals surface area contributed by atoms with E-state index in [-0.39, 0.29) is 32.3 Å². The summed E-state index contributed by atoms with van der Waals surface area (Å²) < 4.78 is 55.4. The normalized spacial score (nSPS) is 11.5. The third-order valence-electron chi connectivity index (χ3n) is 5.25. The van der Waals surface area contributed by atoms with Crippen molar-refractivity contribution in [1.29, 1.82) is 0 Å². The molecule has 0 saturated heterocycles. The summed E-state index contributed by atoms with van der Waals surface area (Å²) in [7, 11) is -7.84. The number of anilines is 2. The van der Waals surface area contributed by atoms with Crippen LogP contribution in [0.15, 0.2) is 117 Å². The summed E-state index contributed by atoms with van der Waals surface area (Å²) in [5.74, 6) is -2.73. The monoisotopic (exact) mass is 582 g/mol. The largest absolute Gasteiger partial charge is 0.545 e. The maximum absolute atomic E-state index is 12.7. The molecule has 0 aliphatic rings. The number of hydrogen-bond acceptors (Lipinski definition) is 9. The van der Waals surface area contributed by atoms with E-state index in [0.29, 0.717) is 9.79 Å². The number of carboxylic acid groups (broad SMARTS) is 2. The SMILES string of the molecule is O=C([O-])c1ccc(NS(=O)(=O)c2ccc(Sc3ccc(S(=O)(=O)Nc4ccc(C(=O)[O-])cc4)cc3)cc2)cc1. The van der Waals surface area contributed by atoms with Gasteiger partial charge in [0.25, 0.3) is 20.0 Å². The first-order chi connectivity index (χ1) is 18.4. The number of sulfonamides is 2. The molecule has 0 aliphatic carbocycles. The highest BCUT2D eigenvalue weighted by Gasteiger charge is 2.16. The van der Waals surface area contributed by atoms with Crippen LogP contribution < -0.4 is 19.7 Å².